The smallest absolute Gasteiger partial charge is 0.107 e. The first kappa shape index (κ1) is 11.8. The molecule has 0 heterocycles. The summed E-state index contributed by atoms with van der Waals surface area (Å²) >= 11 is 0. The molecule has 0 spiro atoms. The van der Waals surface area contributed by atoms with Crippen LogP contribution in [-0.4, -0.2) is 46.7 Å². The summed E-state index contributed by atoms with van der Waals surface area (Å²) < 4.78 is 15.4. The lowest BCUT2D eigenvalue weighted by molar-refractivity contribution is -0.0694. The molecule has 74 valence electrons. The normalized spacial score (nSPS) is 16.0. The highest BCUT2D eigenvalue weighted by Crippen LogP contribution is 2.06. The zero-order chi connectivity index (χ0) is 9.40. The van der Waals surface area contributed by atoms with Crippen molar-refractivity contribution in [3.8, 4) is 0 Å². The molecule has 4 nitrogen and oxygen atoms in total. The fraction of sp³-hybridized carbons (Fsp3) is 1.00. The van der Waals surface area contributed by atoms with E-state index in [4.69, 9.17) is 19.9 Å². The maximum absolute atomic E-state index is 5.42. The van der Waals surface area contributed by atoms with E-state index in [1.807, 2.05) is 0 Å². The number of hydrogen-bond donors (Lipinski definition) is 1. The zero-order valence-electron chi connectivity index (χ0n) is 8.08. The van der Waals surface area contributed by atoms with Crippen LogP contribution in [-0.2, 0) is 14.2 Å². The molecule has 0 aliphatic carbocycles. The molecule has 0 bridgehead atoms. The standard InChI is InChI=1S/C8H19NO3/c1-10-6-8(12-3)7(11-2)4-5-9/h7-8H,4-6,9H2,1-3H3. The fourth-order valence-corrected chi connectivity index (χ4v) is 1.11. The quantitative estimate of drug-likeness (QED) is 0.595. The van der Waals surface area contributed by atoms with Gasteiger partial charge in [0.15, 0.2) is 0 Å². The molecule has 0 aliphatic heterocycles. The molecular weight excluding hydrogens is 158 g/mol. The molecule has 0 aromatic heterocycles. The SMILES string of the molecule is COCC(OC)C(CCN)OC. The van der Waals surface area contributed by atoms with E-state index in [-0.39, 0.29) is 12.2 Å². The monoisotopic (exact) mass is 177 g/mol. The van der Waals surface area contributed by atoms with Gasteiger partial charge >= 0.3 is 0 Å². The zero-order valence-corrected chi connectivity index (χ0v) is 8.08. The molecule has 0 radical (unpaired) electrons. The van der Waals surface area contributed by atoms with Crippen molar-refractivity contribution in [1.29, 1.82) is 0 Å². The van der Waals surface area contributed by atoms with Gasteiger partial charge in [-0.05, 0) is 13.0 Å². The third kappa shape index (κ3) is 4.01. The second kappa shape index (κ2) is 7.49. The van der Waals surface area contributed by atoms with Crippen LogP contribution in [0.25, 0.3) is 0 Å². The minimum atomic E-state index is -0.0245. The van der Waals surface area contributed by atoms with Gasteiger partial charge in [0.05, 0.1) is 12.7 Å². The van der Waals surface area contributed by atoms with Crippen LogP contribution in [0.5, 0.6) is 0 Å². The van der Waals surface area contributed by atoms with E-state index < -0.39 is 0 Å². The van der Waals surface area contributed by atoms with Gasteiger partial charge in [0.25, 0.3) is 0 Å². The summed E-state index contributed by atoms with van der Waals surface area (Å²) in [6.07, 6.45) is 0.793. The summed E-state index contributed by atoms with van der Waals surface area (Å²) in [4.78, 5) is 0. The van der Waals surface area contributed by atoms with E-state index in [1.54, 1.807) is 21.3 Å². The Kier molecular flexibility index (Phi) is 7.39. The Morgan fingerprint density at radius 2 is 1.67 bits per heavy atom. The van der Waals surface area contributed by atoms with Crippen LogP contribution in [0.1, 0.15) is 6.42 Å². The molecule has 2 unspecified atom stereocenters. The Bertz CT molecular complexity index is 88.3. The van der Waals surface area contributed by atoms with Crippen LogP contribution >= 0.6 is 0 Å². The van der Waals surface area contributed by atoms with Crippen LogP contribution in [0.4, 0.5) is 0 Å². The second-order valence-corrected chi connectivity index (χ2v) is 2.58. The molecule has 2 atom stereocenters. The molecule has 2 N–H and O–H groups in total. The summed E-state index contributed by atoms with van der Waals surface area (Å²) in [5.41, 5.74) is 5.42. The van der Waals surface area contributed by atoms with Crippen LogP contribution in [0.3, 0.4) is 0 Å². The summed E-state index contributed by atoms with van der Waals surface area (Å²) in [5, 5.41) is 0. The molecule has 12 heavy (non-hydrogen) atoms. The molecule has 4 heteroatoms. The minimum Gasteiger partial charge on any atom is -0.382 e. The average molecular weight is 177 g/mol. The summed E-state index contributed by atoms with van der Waals surface area (Å²) in [5.74, 6) is 0. The molecule has 0 aromatic rings. The number of rotatable bonds is 7. The number of hydrogen-bond acceptors (Lipinski definition) is 4. The van der Waals surface area contributed by atoms with Gasteiger partial charge in [0.1, 0.15) is 6.10 Å². The summed E-state index contributed by atoms with van der Waals surface area (Å²) in [6, 6.07) is 0. The van der Waals surface area contributed by atoms with E-state index in [0.29, 0.717) is 13.2 Å². The van der Waals surface area contributed by atoms with Crippen molar-refractivity contribution in [2.75, 3.05) is 34.5 Å². The molecular formula is C8H19NO3. The maximum Gasteiger partial charge on any atom is 0.107 e. The first-order valence-corrected chi connectivity index (χ1v) is 4.04. The maximum atomic E-state index is 5.42. The first-order chi connectivity index (χ1) is 5.79. The highest BCUT2D eigenvalue weighted by molar-refractivity contribution is 4.70. The van der Waals surface area contributed by atoms with Gasteiger partial charge in [-0.1, -0.05) is 0 Å². The Hall–Kier alpha value is -0.160. The van der Waals surface area contributed by atoms with E-state index in [9.17, 15) is 0 Å². The average Bonchev–Trinajstić information content (AvgIpc) is 2.11. The van der Waals surface area contributed by atoms with Crippen LogP contribution < -0.4 is 5.73 Å². The molecule has 0 amide bonds. The van der Waals surface area contributed by atoms with E-state index in [1.165, 1.54) is 0 Å². The molecule has 0 rings (SSSR count). The van der Waals surface area contributed by atoms with Crippen LogP contribution in [0, 0.1) is 0 Å². The Labute approximate surface area is 74.0 Å². The van der Waals surface area contributed by atoms with Gasteiger partial charge in [-0.15, -0.1) is 0 Å². The summed E-state index contributed by atoms with van der Waals surface area (Å²) in [7, 11) is 4.94. The van der Waals surface area contributed by atoms with Crippen molar-refractivity contribution in [1.82, 2.24) is 0 Å². The molecule has 0 aromatic carbocycles. The lowest BCUT2D eigenvalue weighted by atomic mass is 10.1. The van der Waals surface area contributed by atoms with Crippen molar-refractivity contribution in [2.24, 2.45) is 5.73 Å². The molecule has 0 fully saturated rings. The highest BCUT2D eigenvalue weighted by Gasteiger charge is 2.19. The van der Waals surface area contributed by atoms with Gasteiger partial charge in [0, 0.05) is 21.3 Å². The number of methoxy groups -OCH3 is 3. The highest BCUT2D eigenvalue weighted by atomic mass is 16.6. The van der Waals surface area contributed by atoms with E-state index in [2.05, 4.69) is 0 Å². The topological polar surface area (TPSA) is 53.7 Å². The minimum absolute atomic E-state index is 0.0245. The second-order valence-electron chi connectivity index (χ2n) is 2.58. The van der Waals surface area contributed by atoms with Gasteiger partial charge in [-0.3, -0.25) is 0 Å². The molecule has 0 saturated carbocycles. The fourth-order valence-electron chi connectivity index (χ4n) is 1.11. The Morgan fingerprint density at radius 1 is 1.08 bits per heavy atom. The van der Waals surface area contributed by atoms with Gasteiger partial charge < -0.3 is 19.9 Å². The molecule has 0 aliphatic rings. The van der Waals surface area contributed by atoms with Crippen molar-refractivity contribution >= 4 is 0 Å². The Balaban J connectivity index is 3.84. The third-order valence-electron chi connectivity index (χ3n) is 1.80. The van der Waals surface area contributed by atoms with Crippen LogP contribution in [0.15, 0.2) is 0 Å². The lowest BCUT2D eigenvalue weighted by Gasteiger charge is -2.23. The van der Waals surface area contributed by atoms with Crippen molar-refractivity contribution in [3.05, 3.63) is 0 Å². The summed E-state index contributed by atoms with van der Waals surface area (Å²) in [6.45, 7) is 1.14. The molecule has 0 saturated heterocycles. The number of ether oxygens (including phenoxy) is 3. The van der Waals surface area contributed by atoms with Gasteiger partial charge in [-0.2, -0.15) is 0 Å². The third-order valence-corrected chi connectivity index (χ3v) is 1.80. The lowest BCUT2D eigenvalue weighted by Crippen LogP contribution is -2.35. The predicted octanol–water partition coefficient (Wildman–Crippen LogP) is 0.0116. The Morgan fingerprint density at radius 3 is 2.00 bits per heavy atom. The van der Waals surface area contributed by atoms with Gasteiger partial charge in [0.2, 0.25) is 0 Å². The number of nitrogens with two attached hydrogens (primary N) is 1. The largest absolute Gasteiger partial charge is 0.382 e. The van der Waals surface area contributed by atoms with E-state index >= 15 is 0 Å². The van der Waals surface area contributed by atoms with E-state index in [0.717, 1.165) is 6.42 Å². The van der Waals surface area contributed by atoms with Crippen molar-refractivity contribution in [3.63, 3.8) is 0 Å². The van der Waals surface area contributed by atoms with Gasteiger partial charge in [-0.25, -0.2) is 0 Å². The predicted molar refractivity (Wildman–Crippen MR) is 47.1 cm³/mol. The van der Waals surface area contributed by atoms with Crippen molar-refractivity contribution < 1.29 is 14.2 Å². The first-order valence-electron chi connectivity index (χ1n) is 4.04. The van der Waals surface area contributed by atoms with Crippen molar-refractivity contribution in [2.45, 2.75) is 18.6 Å². The van der Waals surface area contributed by atoms with Crippen LogP contribution in [0.2, 0.25) is 0 Å².